The highest BCUT2D eigenvalue weighted by Gasteiger charge is 2.14. The second kappa shape index (κ2) is 10.5. The molecule has 1 atom stereocenters. The Kier molecular flexibility index (Phi) is 8.63. The minimum absolute atomic E-state index is 0.195. The van der Waals surface area contributed by atoms with Gasteiger partial charge < -0.3 is 20.1 Å². The van der Waals surface area contributed by atoms with Gasteiger partial charge in [-0.2, -0.15) is 0 Å². The number of hydrogen-bond acceptors (Lipinski definition) is 5. The third-order valence-corrected chi connectivity index (χ3v) is 3.47. The molecule has 0 saturated carbocycles. The Morgan fingerprint density at radius 1 is 1.08 bits per heavy atom. The van der Waals surface area contributed by atoms with E-state index >= 15 is 0 Å². The molecule has 25 heavy (non-hydrogen) atoms. The van der Waals surface area contributed by atoms with Gasteiger partial charge in [0.25, 0.3) is 11.8 Å². The van der Waals surface area contributed by atoms with Crippen molar-refractivity contribution in [2.75, 3.05) is 25.6 Å². The Labute approximate surface area is 148 Å². The van der Waals surface area contributed by atoms with Crippen molar-refractivity contribution in [3.05, 3.63) is 29.8 Å². The number of amides is 2. The van der Waals surface area contributed by atoms with Gasteiger partial charge in [0.15, 0.2) is 0 Å². The molecule has 0 spiro atoms. The molecule has 1 aromatic rings. The predicted molar refractivity (Wildman–Crippen MR) is 94.3 cm³/mol. The number of carbonyl (C=O) groups is 3. The third-order valence-electron chi connectivity index (χ3n) is 3.47. The van der Waals surface area contributed by atoms with Crippen molar-refractivity contribution in [3.8, 4) is 0 Å². The van der Waals surface area contributed by atoms with Gasteiger partial charge in [-0.1, -0.05) is 13.8 Å². The fraction of sp³-hybridized carbons (Fsp3) is 0.500. The first kappa shape index (κ1) is 20.6. The van der Waals surface area contributed by atoms with Gasteiger partial charge in [-0.15, -0.1) is 0 Å². The molecule has 0 heterocycles. The molecule has 1 rings (SSSR count). The van der Waals surface area contributed by atoms with Gasteiger partial charge in [0.2, 0.25) is 0 Å². The number of esters is 1. The van der Waals surface area contributed by atoms with Crippen LogP contribution in [0.4, 0.5) is 5.69 Å². The van der Waals surface area contributed by atoms with E-state index in [1.807, 2.05) is 0 Å². The summed E-state index contributed by atoms with van der Waals surface area (Å²) in [6.07, 6.45) is 0.342. The lowest BCUT2D eigenvalue weighted by Crippen LogP contribution is -2.30. The molecule has 0 saturated heterocycles. The van der Waals surface area contributed by atoms with Crippen molar-refractivity contribution in [2.24, 2.45) is 5.92 Å². The maximum absolute atomic E-state index is 12.1. The largest absolute Gasteiger partial charge is 0.468 e. The molecule has 0 bridgehead atoms. The highest BCUT2D eigenvalue weighted by Crippen LogP contribution is 2.11. The summed E-state index contributed by atoms with van der Waals surface area (Å²) in [5, 5.41) is 5.18. The Bertz CT molecular complexity index is 584. The molecule has 7 nitrogen and oxygen atoms in total. The number of anilines is 1. The van der Waals surface area contributed by atoms with E-state index in [0.717, 1.165) is 6.42 Å². The summed E-state index contributed by atoms with van der Waals surface area (Å²) in [4.78, 5) is 34.9. The van der Waals surface area contributed by atoms with Gasteiger partial charge in [-0.25, -0.2) is 0 Å². The molecule has 1 unspecified atom stereocenters. The number of ether oxygens (including phenoxy) is 2. The third kappa shape index (κ3) is 7.80. The Hall–Kier alpha value is -2.41. The van der Waals surface area contributed by atoms with Crippen LogP contribution in [0.15, 0.2) is 24.3 Å². The molecular weight excluding hydrogens is 324 g/mol. The first-order chi connectivity index (χ1) is 11.8. The lowest BCUT2D eigenvalue weighted by atomic mass is 10.1. The van der Waals surface area contributed by atoms with Crippen LogP contribution in [0.3, 0.4) is 0 Å². The summed E-state index contributed by atoms with van der Waals surface area (Å²) in [5.41, 5.74) is 0.942. The minimum atomic E-state index is -0.554. The van der Waals surface area contributed by atoms with Crippen LogP contribution in [0.1, 0.15) is 37.6 Å². The van der Waals surface area contributed by atoms with Crippen LogP contribution in [-0.4, -0.2) is 44.1 Å². The smallest absolute Gasteiger partial charge is 0.325 e. The molecule has 0 aromatic heterocycles. The topological polar surface area (TPSA) is 93.7 Å². The van der Waals surface area contributed by atoms with Crippen molar-refractivity contribution in [1.82, 2.24) is 5.32 Å². The van der Waals surface area contributed by atoms with E-state index in [1.54, 1.807) is 31.2 Å². The molecule has 0 aliphatic rings. The second-order valence-corrected chi connectivity index (χ2v) is 6.02. The maximum Gasteiger partial charge on any atom is 0.325 e. The van der Waals surface area contributed by atoms with E-state index in [1.165, 1.54) is 7.11 Å². The van der Waals surface area contributed by atoms with Crippen LogP contribution in [-0.2, 0) is 19.1 Å². The number of carbonyl (C=O) groups excluding carboxylic acids is 3. The summed E-state index contributed by atoms with van der Waals surface area (Å²) >= 11 is 0. The zero-order valence-corrected chi connectivity index (χ0v) is 15.1. The maximum atomic E-state index is 12.1. The van der Waals surface area contributed by atoms with E-state index in [-0.39, 0.29) is 12.5 Å². The van der Waals surface area contributed by atoms with Gasteiger partial charge in [-0.3, -0.25) is 14.4 Å². The summed E-state index contributed by atoms with van der Waals surface area (Å²) in [7, 11) is 1.25. The van der Waals surface area contributed by atoms with Crippen molar-refractivity contribution < 1.29 is 23.9 Å². The van der Waals surface area contributed by atoms with Crippen LogP contribution in [0.5, 0.6) is 0 Å². The average molecular weight is 350 g/mol. The van der Waals surface area contributed by atoms with Crippen molar-refractivity contribution in [3.63, 3.8) is 0 Å². The highest BCUT2D eigenvalue weighted by molar-refractivity contribution is 5.97. The number of rotatable bonds is 9. The van der Waals surface area contributed by atoms with Crippen molar-refractivity contribution in [1.29, 1.82) is 0 Å². The summed E-state index contributed by atoms with van der Waals surface area (Å²) in [5.74, 6) is -0.642. The first-order valence-corrected chi connectivity index (χ1v) is 8.21. The lowest BCUT2D eigenvalue weighted by molar-refractivity contribution is -0.139. The molecule has 0 radical (unpaired) electrons. The van der Waals surface area contributed by atoms with E-state index in [0.29, 0.717) is 23.8 Å². The molecule has 1 aromatic carbocycles. The molecule has 7 heteroatoms. The van der Waals surface area contributed by atoms with Gasteiger partial charge >= 0.3 is 5.97 Å². The minimum Gasteiger partial charge on any atom is -0.468 e. The van der Waals surface area contributed by atoms with Crippen LogP contribution in [0, 0.1) is 5.92 Å². The molecular formula is C18H26N2O5. The van der Waals surface area contributed by atoms with Crippen LogP contribution in [0.25, 0.3) is 0 Å². The number of benzene rings is 1. The number of methoxy groups -OCH3 is 1. The zero-order valence-electron chi connectivity index (χ0n) is 15.1. The van der Waals surface area contributed by atoms with Gasteiger partial charge in [-0.05, 0) is 43.5 Å². The van der Waals surface area contributed by atoms with E-state index in [9.17, 15) is 14.4 Å². The van der Waals surface area contributed by atoms with Crippen LogP contribution < -0.4 is 10.6 Å². The van der Waals surface area contributed by atoms with Crippen LogP contribution >= 0.6 is 0 Å². The Balaban J connectivity index is 2.49. The Morgan fingerprint density at radius 3 is 2.28 bits per heavy atom. The lowest BCUT2D eigenvalue weighted by Gasteiger charge is -2.14. The molecule has 0 fully saturated rings. The van der Waals surface area contributed by atoms with E-state index in [4.69, 9.17) is 4.74 Å². The fourth-order valence-electron chi connectivity index (χ4n) is 1.83. The Morgan fingerprint density at radius 2 is 1.72 bits per heavy atom. The number of nitrogens with one attached hydrogen (secondary N) is 2. The fourth-order valence-corrected chi connectivity index (χ4v) is 1.83. The number of hydrogen-bond donors (Lipinski definition) is 2. The predicted octanol–water partition coefficient (Wildman–Crippen LogP) is 1.98. The summed E-state index contributed by atoms with van der Waals surface area (Å²) in [6.45, 7) is 6.23. The summed E-state index contributed by atoms with van der Waals surface area (Å²) < 4.78 is 9.94. The van der Waals surface area contributed by atoms with Gasteiger partial charge in [0, 0.05) is 17.9 Å². The van der Waals surface area contributed by atoms with E-state index < -0.39 is 18.0 Å². The van der Waals surface area contributed by atoms with Crippen LogP contribution in [0.2, 0.25) is 0 Å². The molecule has 138 valence electrons. The quantitative estimate of drug-likeness (QED) is 0.664. The second-order valence-electron chi connectivity index (χ2n) is 6.02. The van der Waals surface area contributed by atoms with Gasteiger partial charge in [0.05, 0.1) is 7.11 Å². The first-order valence-electron chi connectivity index (χ1n) is 8.21. The normalized spacial score (nSPS) is 11.7. The standard InChI is InChI=1S/C18H26N2O5/c1-12(2)9-10-25-13(3)17(22)20-15-7-5-14(6-8-15)18(23)19-11-16(21)24-4/h5-8,12-13H,9-11H2,1-4H3,(H,19,23)(H,20,22). The average Bonchev–Trinajstić information content (AvgIpc) is 2.59. The molecule has 2 N–H and O–H groups in total. The summed E-state index contributed by atoms with van der Waals surface area (Å²) in [6, 6.07) is 6.36. The SMILES string of the molecule is COC(=O)CNC(=O)c1ccc(NC(=O)C(C)OCCC(C)C)cc1. The van der Waals surface area contributed by atoms with E-state index in [2.05, 4.69) is 29.2 Å². The molecule has 0 aliphatic heterocycles. The monoisotopic (exact) mass is 350 g/mol. The van der Waals surface area contributed by atoms with Crippen molar-refractivity contribution >= 4 is 23.5 Å². The van der Waals surface area contributed by atoms with Gasteiger partial charge in [0.1, 0.15) is 12.6 Å². The highest BCUT2D eigenvalue weighted by atomic mass is 16.5. The zero-order chi connectivity index (χ0) is 18.8. The molecule has 2 amide bonds. The van der Waals surface area contributed by atoms with Crippen molar-refractivity contribution in [2.45, 2.75) is 33.3 Å². The molecule has 0 aliphatic carbocycles.